The topological polar surface area (TPSA) is 48.0 Å². The van der Waals surface area contributed by atoms with E-state index in [2.05, 4.69) is 23.3 Å². The van der Waals surface area contributed by atoms with Crippen molar-refractivity contribution in [3.05, 3.63) is 24.4 Å². The first-order valence-electron chi connectivity index (χ1n) is 8.35. The highest BCUT2D eigenvalue weighted by Gasteiger charge is 2.03. The van der Waals surface area contributed by atoms with Crippen LogP contribution in [-0.2, 0) is 0 Å². The third-order valence-corrected chi connectivity index (χ3v) is 4.01. The molecule has 3 heteroatoms. The zero-order chi connectivity index (χ0) is 14.9. The van der Waals surface area contributed by atoms with Gasteiger partial charge in [-0.2, -0.15) is 0 Å². The first kappa shape index (κ1) is 15.7. The van der Waals surface area contributed by atoms with Gasteiger partial charge in [-0.1, -0.05) is 51.9 Å². The van der Waals surface area contributed by atoms with Crippen LogP contribution in [0.1, 0.15) is 58.3 Å². The van der Waals surface area contributed by atoms with Crippen molar-refractivity contribution in [2.24, 2.45) is 0 Å². The summed E-state index contributed by atoms with van der Waals surface area (Å²) in [6, 6.07) is 5.76. The SMILES string of the molecule is CCCCCCCCCCNc1cc(O)c2cc[nH]c2c1. The third kappa shape index (κ3) is 5.00. The molecule has 0 amide bonds. The van der Waals surface area contributed by atoms with Crippen LogP contribution in [0.4, 0.5) is 5.69 Å². The summed E-state index contributed by atoms with van der Waals surface area (Å²) in [6.07, 6.45) is 12.5. The van der Waals surface area contributed by atoms with E-state index in [0.717, 1.165) is 23.1 Å². The average molecular weight is 288 g/mol. The lowest BCUT2D eigenvalue weighted by Gasteiger charge is -2.08. The van der Waals surface area contributed by atoms with Crippen LogP contribution < -0.4 is 5.32 Å². The van der Waals surface area contributed by atoms with E-state index < -0.39 is 0 Å². The molecule has 0 saturated carbocycles. The number of rotatable bonds is 10. The van der Waals surface area contributed by atoms with Gasteiger partial charge in [0, 0.05) is 29.9 Å². The van der Waals surface area contributed by atoms with E-state index in [1.165, 1.54) is 51.4 Å². The number of hydrogen-bond acceptors (Lipinski definition) is 2. The number of nitrogens with one attached hydrogen (secondary N) is 2. The minimum absolute atomic E-state index is 0.340. The van der Waals surface area contributed by atoms with Crippen LogP contribution in [0.2, 0.25) is 0 Å². The Kier molecular flexibility index (Phi) is 6.45. The summed E-state index contributed by atoms with van der Waals surface area (Å²) >= 11 is 0. The van der Waals surface area contributed by atoms with Gasteiger partial charge in [0.05, 0.1) is 5.52 Å². The van der Waals surface area contributed by atoms with Gasteiger partial charge in [-0.05, 0) is 18.6 Å². The summed E-state index contributed by atoms with van der Waals surface area (Å²) < 4.78 is 0. The Bertz CT molecular complexity index is 533. The molecule has 21 heavy (non-hydrogen) atoms. The van der Waals surface area contributed by atoms with Crippen molar-refractivity contribution in [3.63, 3.8) is 0 Å². The molecule has 1 heterocycles. The highest BCUT2D eigenvalue weighted by atomic mass is 16.3. The Labute approximate surface area is 127 Å². The maximum atomic E-state index is 9.92. The van der Waals surface area contributed by atoms with E-state index in [1.807, 2.05) is 12.3 Å². The lowest BCUT2D eigenvalue weighted by atomic mass is 10.1. The van der Waals surface area contributed by atoms with Gasteiger partial charge in [-0.25, -0.2) is 0 Å². The number of aromatic hydroxyl groups is 1. The van der Waals surface area contributed by atoms with Crippen LogP contribution in [0.25, 0.3) is 10.9 Å². The molecule has 1 aromatic heterocycles. The minimum atomic E-state index is 0.340. The summed E-state index contributed by atoms with van der Waals surface area (Å²) in [5.41, 5.74) is 1.97. The van der Waals surface area contributed by atoms with Crippen molar-refractivity contribution >= 4 is 16.6 Å². The van der Waals surface area contributed by atoms with Gasteiger partial charge in [0.2, 0.25) is 0 Å². The number of H-pyrrole nitrogens is 1. The number of fused-ring (bicyclic) bond motifs is 1. The fraction of sp³-hybridized carbons (Fsp3) is 0.556. The first-order chi connectivity index (χ1) is 10.3. The molecule has 0 bridgehead atoms. The van der Waals surface area contributed by atoms with Crippen molar-refractivity contribution in [1.29, 1.82) is 0 Å². The first-order valence-corrected chi connectivity index (χ1v) is 8.35. The summed E-state index contributed by atoms with van der Waals surface area (Å²) in [5.74, 6) is 0.340. The third-order valence-electron chi connectivity index (χ3n) is 4.01. The average Bonchev–Trinajstić information content (AvgIpc) is 2.94. The van der Waals surface area contributed by atoms with E-state index in [9.17, 15) is 5.11 Å². The summed E-state index contributed by atoms with van der Waals surface area (Å²) in [5, 5.41) is 14.2. The number of aromatic nitrogens is 1. The molecule has 3 N–H and O–H groups in total. The predicted octanol–water partition coefficient (Wildman–Crippen LogP) is 5.43. The van der Waals surface area contributed by atoms with Crippen LogP contribution >= 0.6 is 0 Å². The predicted molar refractivity (Wildman–Crippen MR) is 91.1 cm³/mol. The second-order valence-electron chi connectivity index (χ2n) is 5.84. The quantitative estimate of drug-likeness (QED) is 0.511. The largest absolute Gasteiger partial charge is 0.507 e. The molecule has 0 aliphatic rings. The van der Waals surface area contributed by atoms with Crippen LogP contribution in [-0.4, -0.2) is 16.6 Å². The summed E-state index contributed by atoms with van der Waals surface area (Å²) in [7, 11) is 0. The second kappa shape index (κ2) is 8.60. The molecule has 2 aromatic rings. The zero-order valence-electron chi connectivity index (χ0n) is 13.1. The van der Waals surface area contributed by atoms with Crippen molar-refractivity contribution in [2.75, 3.05) is 11.9 Å². The highest BCUT2D eigenvalue weighted by Crippen LogP contribution is 2.28. The number of hydrogen-bond donors (Lipinski definition) is 3. The molecule has 0 unspecified atom stereocenters. The minimum Gasteiger partial charge on any atom is -0.507 e. The standard InChI is InChI=1S/C18H28N2O/c1-2-3-4-5-6-7-8-9-11-19-15-13-17-16(10-12-20-17)18(21)14-15/h10,12-14,19-21H,2-9,11H2,1H3. The van der Waals surface area contributed by atoms with E-state index in [0.29, 0.717) is 5.75 Å². The number of aromatic amines is 1. The van der Waals surface area contributed by atoms with Gasteiger partial charge >= 0.3 is 0 Å². The van der Waals surface area contributed by atoms with E-state index >= 15 is 0 Å². The van der Waals surface area contributed by atoms with Crippen LogP contribution in [0, 0.1) is 0 Å². The Morgan fingerprint density at radius 2 is 1.71 bits per heavy atom. The fourth-order valence-electron chi connectivity index (χ4n) is 2.74. The normalized spacial score (nSPS) is 11.1. The lowest BCUT2D eigenvalue weighted by molar-refractivity contribution is 0.482. The molecule has 0 radical (unpaired) electrons. The molecule has 2 rings (SSSR count). The smallest absolute Gasteiger partial charge is 0.127 e. The van der Waals surface area contributed by atoms with E-state index in [1.54, 1.807) is 6.07 Å². The van der Waals surface area contributed by atoms with Crippen LogP contribution in [0.15, 0.2) is 24.4 Å². The molecular weight excluding hydrogens is 260 g/mol. The van der Waals surface area contributed by atoms with Crippen molar-refractivity contribution in [3.8, 4) is 5.75 Å². The zero-order valence-corrected chi connectivity index (χ0v) is 13.1. The number of phenols is 1. The summed E-state index contributed by atoms with van der Waals surface area (Å²) in [4.78, 5) is 3.14. The maximum Gasteiger partial charge on any atom is 0.127 e. The number of phenolic OH excluding ortho intramolecular Hbond substituents is 1. The molecule has 116 valence electrons. The van der Waals surface area contributed by atoms with E-state index in [4.69, 9.17) is 0 Å². The molecule has 3 nitrogen and oxygen atoms in total. The van der Waals surface area contributed by atoms with Gasteiger partial charge in [-0.3, -0.25) is 0 Å². The van der Waals surface area contributed by atoms with Gasteiger partial charge in [0.15, 0.2) is 0 Å². The van der Waals surface area contributed by atoms with Gasteiger partial charge in [0.25, 0.3) is 0 Å². The maximum absolute atomic E-state index is 9.92. The number of unbranched alkanes of at least 4 members (excludes halogenated alkanes) is 7. The monoisotopic (exact) mass is 288 g/mol. The summed E-state index contributed by atoms with van der Waals surface area (Å²) in [6.45, 7) is 3.23. The van der Waals surface area contributed by atoms with Crippen LogP contribution in [0.5, 0.6) is 5.75 Å². The Morgan fingerprint density at radius 1 is 1.00 bits per heavy atom. The molecule has 0 atom stereocenters. The van der Waals surface area contributed by atoms with Gasteiger partial charge in [-0.15, -0.1) is 0 Å². The van der Waals surface area contributed by atoms with Crippen LogP contribution in [0.3, 0.4) is 0 Å². The lowest BCUT2D eigenvalue weighted by Crippen LogP contribution is -2.01. The Morgan fingerprint density at radius 3 is 2.48 bits per heavy atom. The van der Waals surface area contributed by atoms with Gasteiger partial charge < -0.3 is 15.4 Å². The van der Waals surface area contributed by atoms with Gasteiger partial charge in [0.1, 0.15) is 5.75 Å². The molecule has 0 spiro atoms. The van der Waals surface area contributed by atoms with Crippen molar-refractivity contribution in [1.82, 2.24) is 4.98 Å². The molecule has 0 aliphatic carbocycles. The molecule has 1 aromatic carbocycles. The Hall–Kier alpha value is -1.64. The van der Waals surface area contributed by atoms with Crippen molar-refractivity contribution in [2.45, 2.75) is 58.3 Å². The second-order valence-corrected chi connectivity index (χ2v) is 5.84. The Balaban J connectivity index is 1.62. The fourth-order valence-corrected chi connectivity index (χ4v) is 2.74. The molecule has 0 aliphatic heterocycles. The highest BCUT2D eigenvalue weighted by molar-refractivity contribution is 5.88. The number of benzene rings is 1. The number of anilines is 1. The molecule has 0 saturated heterocycles. The van der Waals surface area contributed by atoms with Crippen molar-refractivity contribution < 1.29 is 5.11 Å². The molecular formula is C18H28N2O. The van der Waals surface area contributed by atoms with E-state index in [-0.39, 0.29) is 0 Å². The molecule has 0 fully saturated rings.